The molecule has 1 aliphatic carbocycles. The number of imide groups is 1. The van der Waals surface area contributed by atoms with Crippen molar-refractivity contribution in [2.75, 3.05) is 0 Å². The summed E-state index contributed by atoms with van der Waals surface area (Å²) in [7, 11) is 0. The number of fused-ring (bicyclic) bond motifs is 1. The van der Waals surface area contributed by atoms with Crippen LogP contribution in [-0.2, 0) is 15.0 Å². The third kappa shape index (κ3) is 1.25. The lowest BCUT2D eigenvalue weighted by atomic mass is 9.55. The number of benzene rings is 1. The van der Waals surface area contributed by atoms with E-state index in [0.717, 1.165) is 11.1 Å². The molecule has 1 heterocycles. The standard InChI is InChI=1S/C17H17NO2/c1-3-16-11-7-8-12(2)17(16,15(20)18-14(16)19)13-9-5-4-6-10-13/h4-11H,3H2,1-2H3,(H,18,19,20). The molecule has 0 saturated carbocycles. The second kappa shape index (κ2) is 4.17. The predicted octanol–water partition coefficient (Wildman–Crippen LogP) is 2.49. The maximum Gasteiger partial charge on any atom is 0.242 e. The molecule has 20 heavy (non-hydrogen) atoms. The lowest BCUT2D eigenvalue weighted by Crippen LogP contribution is -2.49. The summed E-state index contributed by atoms with van der Waals surface area (Å²) in [6.45, 7) is 3.89. The normalized spacial score (nSPS) is 31.8. The molecule has 0 radical (unpaired) electrons. The second-order valence-electron chi connectivity index (χ2n) is 5.43. The molecule has 3 nitrogen and oxygen atoms in total. The Morgan fingerprint density at radius 2 is 1.80 bits per heavy atom. The SMILES string of the molecule is CCC12C=CC=C(C)C1(c1ccccc1)C(=O)NC2=O. The van der Waals surface area contributed by atoms with E-state index in [0.29, 0.717) is 6.42 Å². The highest BCUT2D eigenvalue weighted by atomic mass is 16.2. The molecule has 2 amide bonds. The van der Waals surface area contributed by atoms with E-state index < -0.39 is 10.8 Å². The van der Waals surface area contributed by atoms with Crippen LogP contribution in [0, 0.1) is 5.41 Å². The van der Waals surface area contributed by atoms with Gasteiger partial charge in [0.2, 0.25) is 11.8 Å². The molecule has 0 aromatic heterocycles. The third-order valence-electron chi connectivity index (χ3n) is 4.72. The first-order valence-corrected chi connectivity index (χ1v) is 6.87. The van der Waals surface area contributed by atoms with E-state index in [-0.39, 0.29) is 11.8 Å². The highest BCUT2D eigenvalue weighted by Gasteiger charge is 2.66. The molecule has 1 aromatic carbocycles. The van der Waals surface area contributed by atoms with Crippen molar-refractivity contribution in [3.05, 3.63) is 59.7 Å². The van der Waals surface area contributed by atoms with E-state index in [1.165, 1.54) is 0 Å². The van der Waals surface area contributed by atoms with E-state index in [9.17, 15) is 9.59 Å². The maximum absolute atomic E-state index is 12.7. The van der Waals surface area contributed by atoms with Crippen molar-refractivity contribution in [1.82, 2.24) is 5.32 Å². The minimum Gasteiger partial charge on any atom is -0.295 e. The number of nitrogens with one attached hydrogen (secondary N) is 1. The van der Waals surface area contributed by atoms with Crippen molar-refractivity contribution in [2.24, 2.45) is 5.41 Å². The van der Waals surface area contributed by atoms with Gasteiger partial charge in [-0.3, -0.25) is 14.9 Å². The van der Waals surface area contributed by atoms with Gasteiger partial charge in [0.25, 0.3) is 0 Å². The van der Waals surface area contributed by atoms with Crippen LogP contribution in [0.25, 0.3) is 0 Å². The Bertz CT molecular complexity index is 644. The van der Waals surface area contributed by atoms with Crippen LogP contribution in [0.1, 0.15) is 25.8 Å². The Hall–Kier alpha value is -2.16. The molecule has 1 fully saturated rings. The van der Waals surface area contributed by atoms with Crippen molar-refractivity contribution in [3.8, 4) is 0 Å². The molecule has 2 atom stereocenters. The van der Waals surface area contributed by atoms with Gasteiger partial charge in [-0.15, -0.1) is 0 Å². The number of carbonyl (C=O) groups is 2. The van der Waals surface area contributed by atoms with Gasteiger partial charge in [-0.2, -0.15) is 0 Å². The molecule has 3 heteroatoms. The van der Waals surface area contributed by atoms with Crippen LogP contribution < -0.4 is 5.32 Å². The lowest BCUT2D eigenvalue weighted by molar-refractivity contribution is -0.127. The molecule has 1 saturated heterocycles. The average Bonchev–Trinajstić information content (AvgIpc) is 2.70. The molecule has 0 spiro atoms. The summed E-state index contributed by atoms with van der Waals surface area (Å²) in [5.41, 5.74) is 0.0683. The van der Waals surface area contributed by atoms with Gasteiger partial charge in [-0.05, 0) is 18.9 Å². The molecule has 2 aliphatic rings. The van der Waals surface area contributed by atoms with E-state index in [1.54, 1.807) is 0 Å². The Kier molecular flexibility index (Phi) is 2.68. The second-order valence-corrected chi connectivity index (χ2v) is 5.43. The highest BCUT2D eigenvalue weighted by Crippen LogP contribution is 2.55. The Morgan fingerprint density at radius 3 is 2.45 bits per heavy atom. The number of allylic oxidation sites excluding steroid dienone is 2. The van der Waals surface area contributed by atoms with Crippen molar-refractivity contribution >= 4 is 11.8 Å². The zero-order valence-corrected chi connectivity index (χ0v) is 11.6. The maximum atomic E-state index is 12.7. The molecule has 102 valence electrons. The van der Waals surface area contributed by atoms with Gasteiger partial charge in [0.15, 0.2) is 0 Å². The fourth-order valence-corrected chi connectivity index (χ4v) is 3.74. The summed E-state index contributed by atoms with van der Waals surface area (Å²) in [6.07, 6.45) is 6.28. The molecule has 1 aromatic rings. The van der Waals surface area contributed by atoms with Gasteiger partial charge < -0.3 is 0 Å². The van der Waals surface area contributed by atoms with Crippen LogP contribution in [-0.4, -0.2) is 11.8 Å². The zero-order chi connectivity index (χ0) is 14.4. The van der Waals surface area contributed by atoms with Crippen LogP contribution in [0.2, 0.25) is 0 Å². The van der Waals surface area contributed by atoms with Crippen molar-refractivity contribution in [2.45, 2.75) is 25.7 Å². The van der Waals surface area contributed by atoms with Crippen molar-refractivity contribution in [3.63, 3.8) is 0 Å². The summed E-state index contributed by atoms with van der Waals surface area (Å²) in [4.78, 5) is 25.2. The highest BCUT2D eigenvalue weighted by molar-refractivity contribution is 6.16. The summed E-state index contributed by atoms with van der Waals surface area (Å²) >= 11 is 0. The summed E-state index contributed by atoms with van der Waals surface area (Å²) in [5.74, 6) is -0.411. The minimum atomic E-state index is -0.908. The molecular weight excluding hydrogens is 250 g/mol. The largest absolute Gasteiger partial charge is 0.295 e. The third-order valence-corrected chi connectivity index (χ3v) is 4.72. The Morgan fingerprint density at radius 1 is 1.10 bits per heavy atom. The fourth-order valence-electron chi connectivity index (χ4n) is 3.74. The topological polar surface area (TPSA) is 46.2 Å². The number of hydrogen-bond donors (Lipinski definition) is 1. The first-order valence-electron chi connectivity index (χ1n) is 6.87. The predicted molar refractivity (Wildman–Crippen MR) is 76.9 cm³/mol. The van der Waals surface area contributed by atoms with Gasteiger partial charge in [-0.1, -0.05) is 61.1 Å². The summed E-state index contributed by atoms with van der Waals surface area (Å²) in [5, 5.41) is 2.55. The van der Waals surface area contributed by atoms with Gasteiger partial charge in [0.1, 0.15) is 5.41 Å². The number of hydrogen-bond acceptors (Lipinski definition) is 2. The van der Waals surface area contributed by atoms with Gasteiger partial charge in [-0.25, -0.2) is 0 Å². The van der Waals surface area contributed by atoms with E-state index in [2.05, 4.69) is 5.32 Å². The van der Waals surface area contributed by atoms with E-state index >= 15 is 0 Å². The van der Waals surface area contributed by atoms with Crippen LogP contribution in [0.15, 0.2) is 54.1 Å². The molecule has 1 N–H and O–H groups in total. The van der Waals surface area contributed by atoms with E-state index in [1.807, 2.05) is 62.4 Å². The first-order chi connectivity index (χ1) is 9.59. The van der Waals surface area contributed by atoms with Crippen LogP contribution in [0.5, 0.6) is 0 Å². The molecule has 1 aliphatic heterocycles. The first kappa shape index (κ1) is 12.9. The van der Waals surface area contributed by atoms with Gasteiger partial charge in [0.05, 0.1) is 5.41 Å². The lowest BCUT2D eigenvalue weighted by Gasteiger charge is -2.42. The molecule has 2 unspecified atom stereocenters. The fraction of sp³-hybridized carbons (Fsp3) is 0.294. The van der Waals surface area contributed by atoms with Crippen LogP contribution in [0.3, 0.4) is 0 Å². The smallest absolute Gasteiger partial charge is 0.242 e. The number of carbonyl (C=O) groups excluding carboxylic acids is 2. The summed E-state index contributed by atoms with van der Waals surface area (Å²) < 4.78 is 0. The molecular formula is C17H17NO2. The minimum absolute atomic E-state index is 0.197. The number of rotatable bonds is 2. The van der Waals surface area contributed by atoms with E-state index in [4.69, 9.17) is 0 Å². The average molecular weight is 267 g/mol. The van der Waals surface area contributed by atoms with Crippen molar-refractivity contribution in [1.29, 1.82) is 0 Å². The van der Waals surface area contributed by atoms with Gasteiger partial charge in [0, 0.05) is 0 Å². The Balaban J connectivity index is 2.37. The van der Waals surface area contributed by atoms with Crippen LogP contribution >= 0.6 is 0 Å². The zero-order valence-electron chi connectivity index (χ0n) is 11.6. The number of amides is 2. The monoisotopic (exact) mass is 267 g/mol. The van der Waals surface area contributed by atoms with Crippen molar-refractivity contribution < 1.29 is 9.59 Å². The quantitative estimate of drug-likeness (QED) is 0.837. The molecule has 0 bridgehead atoms. The van der Waals surface area contributed by atoms with Crippen LogP contribution in [0.4, 0.5) is 0 Å². The summed E-state index contributed by atoms with van der Waals surface area (Å²) in [6, 6.07) is 9.59. The van der Waals surface area contributed by atoms with Gasteiger partial charge >= 0.3 is 0 Å². The Labute approximate surface area is 118 Å². The molecule has 3 rings (SSSR count).